The van der Waals surface area contributed by atoms with Crippen LogP contribution in [0.3, 0.4) is 0 Å². The molecule has 0 heterocycles. The molecule has 0 rings (SSSR count). The van der Waals surface area contributed by atoms with Crippen LogP contribution < -0.4 is 10.6 Å². The van der Waals surface area contributed by atoms with Crippen molar-refractivity contribution in [3.8, 4) is 0 Å². The Hall–Kier alpha value is -1.06. The first-order valence-electron chi connectivity index (χ1n) is 11.2. The van der Waals surface area contributed by atoms with Gasteiger partial charge in [-0.2, -0.15) is 0 Å². The molecule has 0 aromatic carbocycles. The van der Waals surface area contributed by atoms with Crippen LogP contribution in [-0.4, -0.2) is 25.4 Å². The van der Waals surface area contributed by atoms with Crippen molar-refractivity contribution in [2.24, 2.45) is 0 Å². The molecule has 0 fully saturated rings. The normalized spacial score (nSPS) is 10.7. The average molecular weight is 369 g/mol. The van der Waals surface area contributed by atoms with Gasteiger partial charge in [0.2, 0.25) is 11.8 Å². The van der Waals surface area contributed by atoms with Crippen LogP contribution in [0, 0.1) is 0 Å². The van der Waals surface area contributed by atoms with Gasteiger partial charge in [-0.25, -0.2) is 0 Å². The number of unbranched alkanes of at least 4 members (excludes halogenated alkanes) is 13. The van der Waals surface area contributed by atoms with Gasteiger partial charge >= 0.3 is 0 Å². The lowest BCUT2D eigenvalue weighted by atomic mass is 10.0. The van der Waals surface area contributed by atoms with Crippen LogP contribution in [0.25, 0.3) is 0 Å². The van der Waals surface area contributed by atoms with E-state index < -0.39 is 0 Å². The van der Waals surface area contributed by atoms with Gasteiger partial charge in [0.05, 0.1) is 0 Å². The first-order valence-corrected chi connectivity index (χ1v) is 11.2. The van der Waals surface area contributed by atoms with E-state index in [2.05, 4.69) is 17.6 Å². The maximum absolute atomic E-state index is 11.7. The zero-order chi connectivity index (χ0) is 19.3. The Morgan fingerprint density at radius 3 is 1.50 bits per heavy atom. The molecule has 0 aromatic heterocycles. The van der Waals surface area contributed by atoms with E-state index in [1.165, 1.54) is 77.0 Å². The summed E-state index contributed by atoms with van der Waals surface area (Å²) in [5.41, 5.74) is 0. The predicted molar refractivity (Wildman–Crippen MR) is 111 cm³/mol. The molecule has 0 spiro atoms. The van der Waals surface area contributed by atoms with Crippen molar-refractivity contribution in [1.29, 1.82) is 0 Å². The zero-order valence-electron chi connectivity index (χ0n) is 17.5. The molecule has 154 valence electrons. The molecule has 0 aliphatic rings. The molecule has 0 unspecified atom stereocenters. The Bertz CT molecular complexity index is 332. The highest BCUT2D eigenvalue weighted by molar-refractivity contribution is 5.76. The van der Waals surface area contributed by atoms with Gasteiger partial charge in [-0.05, 0) is 19.3 Å². The first kappa shape index (κ1) is 24.9. The summed E-state index contributed by atoms with van der Waals surface area (Å²) in [6, 6.07) is 0. The summed E-state index contributed by atoms with van der Waals surface area (Å²) in [4.78, 5) is 22.8. The van der Waals surface area contributed by atoms with Gasteiger partial charge in [0.1, 0.15) is 0 Å². The fraction of sp³-hybridized carbons (Fsp3) is 0.909. The summed E-state index contributed by atoms with van der Waals surface area (Å²) in [6.07, 6.45) is 20.2. The van der Waals surface area contributed by atoms with E-state index in [0.717, 1.165) is 19.3 Å². The molecule has 2 N–H and O–H groups in total. The fourth-order valence-corrected chi connectivity index (χ4v) is 3.16. The molecule has 26 heavy (non-hydrogen) atoms. The van der Waals surface area contributed by atoms with E-state index in [1.54, 1.807) is 7.05 Å². The average Bonchev–Trinajstić information content (AvgIpc) is 2.65. The Labute approximate surface area is 162 Å². The van der Waals surface area contributed by atoms with Crippen LogP contribution in [0.15, 0.2) is 0 Å². The molecule has 0 aliphatic heterocycles. The molecule has 4 nitrogen and oxygen atoms in total. The van der Waals surface area contributed by atoms with Crippen molar-refractivity contribution in [2.45, 2.75) is 116 Å². The van der Waals surface area contributed by atoms with Crippen molar-refractivity contribution in [1.82, 2.24) is 10.6 Å². The van der Waals surface area contributed by atoms with Crippen LogP contribution in [0.2, 0.25) is 0 Å². The lowest BCUT2D eigenvalue weighted by molar-refractivity contribution is -0.121. The number of nitrogens with one attached hydrogen (secondary N) is 2. The first-order chi connectivity index (χ1) is 12.7. The van der Waals surface area contributed by atoms with Crippen molar-refractivity contribution in [2.75, 3.05) is 13.6 Å². The lowest BCUT2D eigenvalue weighted by Gasteiger charge is -2.05. The minimum Gasteiger partial charge on any atom is -0.359 e. The van der Waals surface area contributed by atoms with Gasteiger partial charge in [0, 0.05) is 26.4 Å². The number of rotatable bonds is 19. The highest BCUT2D eigenvalue weighted by Gasteiger charge is 2.02. The van der Waals surface area contributed by atoms with Crippen LogP contribution in [-0.2, 0) is 9.59 Å². The molecule has 0 radical (unpaired) electrons. The van der Waals surface area contributed by atoms with Crippen molar-refractivity contribution in [3.63, 3.8) is 0 Å². The summed E-state index contributed by atoms with van der Waals surface area (Å²) in [5.74, 6) is 0.233. The smallest absolute Gasteiger partial charge is 0.219 e. The standard InChI is InChI=1S/C22H44N2O2/c1-3-4-5-6-7-8-9-10-11-12-13-14-15-19-22(26)24-20-17-16-18-21(25)23-2/h3-20H2,1-2H3,(H,23,25)(H,24,26). The van der Waals surface area contributed by atoms with Crippen molar-refractivity contribution >= 4 is 11.8 Å². The Morgan fingerprint density at radius 2 is 1.00 bits per heavy atom. The van der Waals surface area contributed by atoms with E-state index in [0.29, 0.717) is 19.4 Å². The third kappa shape index (κ3) is 19.3. The minimum absolute atomic E-state index is 0.0725. The van der Waals surface area contributed by atoms with Crippen LogP contribution in [0.1, 0.15) is 116 Å². The van der Waals surface area contributed by atoms with E-state index >= 15 is 0 Å². The molecular formula is C22H44N2O2. The fourth-order valence-electron chi connectivity index (χ4n) is 3.16. The predicted octanol–water partition coefficient (Wildman–Crippen LogP) is 5.50. The van der Waals surface area contributed by atoms with Gasteiger partial charge in [0.25, 0.3) is 0 Å². The van der Waals surface area contributed by atoms with E-state index in [9.17, 15) is 9.59 Å². The quantitative estimate of drug-likeness (QED) is 0.296. The van der Waals surface area contributed by atoms with Crippen LogP contribution in [0.4, 0.5) is 0 Å². The second kappa shape index (κ2) is 20.3. The van der Waals surface area contributed by atoms with Gasteiger partial charge in [-0.15, -0.1) is 0 Å². The van der Waals surface area contributed by atoms with Gasteiger partial charge < -0.3 is 10.6 Å². The molecule has 0 saturated heterocycles. The maximum atomic E-state index is 11.7. The largest absolute Gasteiger partial charge is 0.359 e. The lowest BCUT2D eigenvalue weighted by Crippen LogP contribution is -2.24. The zero-order valence-corrected chi connectivity index (χ0v) is 17.5. The van der Waals surface area contributed by atoms with Crippen molar-refractivity contribution < 1.29 is 9.59 Å². The van der Waals surface area contributed by atoms with Gasteiger partial charge in [-0.3, -0.25) is 9.59 Å². The molecule has 0 aliphatic carbocycles. The number of hydrogen-bond acceptors (Lipinski definition) is 2. The second-order valence-electron chi connectivity index (χ2n) is 7.47. The number of amides is 2. The Morgan fingerprint density at radius 1 is 0.577 bits per heavy atom. The molecule has 2 amide bonds. The summed E-state index contributed by atoms with van der Waals surface area (Å²) in [6.45, 7) is 2.96. The summed E-state index contributed by atoms with van der Waals surface area (Å²) >= 11 is 0. The second-order valence-corrected chi connectivity index (χ2v) is 7.47. The van der Waals surface area contributed by atoms with Crippen LogP contribution in [0.5, 0.6) is 0 Å². The Kier molecular flexibility index (Phi) is 19.4. The van der Waals surface area contributed by atoms with E-state index in [-0.39, 0.29) is 11.8 Å². The topological polar surface area (TPSA) is 58.2 Å². The molecule has 0 atom stereocenters. The number of carbonyl (C=O) groups is 2. The Balaban J connectivity index is 3.17. The monoisotopic (exact) mass is 368 g/mol. The summed E-state index contributed by atoms with van der Waals surface area (Å²) in [5, 5.41) is 5.55. The third-order valence-electron chi connectivity index (χ3n) is 4.94. The molecule has 0 bridgehead atoms. The van der Waals surface area contributed by atoms with Gasteiger partial charge in [-0.1, -0.05) is 84.0 Å². The highest BCUT2D eigenvalue weighted by Crippen LogP contribution is 2.12. The molecule has 0 saturated carbocycles. The number of hydrogen-bond donors (Lipinski definition) is 2. The molecule has 4 heteroatoms. The van der Waals surface area contributed by atoms with E-state index in [1.807, 2.05) is 0 Å². The summed E-state index contributed by atoms with van der Waals surface area (Å²) in [7, 11) is 1.65. The van der Waals surface area contributed by atoms with E-state index in [4.69, 9.17) is 0 Å². The van der Waals surface area contributed by atoms with Crippen molar-refractivity contribution in [3.05, 3.63) is 0 Å². The SMILES string of the molecule is CCCCCCCCCCCCCCCC(=O)NCCCCC(=O)NC. The van der Waals surface area contributed by atoms with Gasteiger partial charge in [0.15, 0.2) is 0 Å². The molecular weight excluding hydrogens is 324 g/mol. The molecule has 0 aromatic rings. The summed E-state index contributed by atoms with van der Waals surface area (Å²) < 4.78 is 0. The van der Waals surface area contributed by atoms with Crippen LogP contribution >= 0.6 is 0 Å². The maximum Gasteiger partial charge on any atom is 0.219 e. The third-order valence-corrected chi connectivity index (χ3v) is 4.94. The number of carbonyl (C=O) groups excluding carboxylic acids is 2. The minimum atomic E-state index is 0.0725. The highest BCUT2D eigenvalue weighted by atomic mass is 16.2.